The largest absolute Gasteiger partial charge is 0.383 e. The predicted molar refractivity (Wildman–Crippen MR) is 71.7 cm³/mol. The number of methoxy groups -OCH3 is 1. The SMILES string of the molecule is COCCNCC1(c2cccc(Cl)c2F)CCC1. The third kappa shape index (κ3) is 2.68. The van der Waals surface area contributed by atoms with Crippen LogP contribution in [0.4, 0.5) is 4.39 Å². The van der Waals surface area contributed by atoms with Crippen molar-refractivity contribution in [2.45, 2.75) is 24.7 Å². The Kier molecular flexibility index (Phi) is 4.60. The molecule has 0 unspecified atom stereocenters. The van der Waals surface area contributed by atoms with Crippen LogP contribution in [0.25, 0.3) is 0 Å². The summed E-state index contributed by atoms with van der Waals surface area (Å²) in [4.78, 5) is 0. The highest BCUT2D eigenvalue weighted by Crippen LogP contribution is 2.45. The fraction of sp³-hybridized carbons (Fsp3) is 0.571. The molecule has 18 heavy (non-hydrogen) atoms. The number of rotatable bonds is 6. The summed E-state index contributed by atoms with van der Waals surface area (Å²) in [6, 6.07) is 5.29. The second-order valence-electron chi connectivity index (χ2n) is 4.90. The van der Waals surface area contributed by atoms with E-state index in [1.807, 2.05) is 12.1 Å². The number of hydrogen-bond donors (Lipinski definition) is 1. The van der Waals surface area contributed by atoms with Gasteiger partial charge in [0.25, 0.3) is 0 Å². The molecule has 0 aliphatic heterocycles. The topological polar surface area (TPSA) is 21.3 Å². The first-order chi connectivity index (χ1) is 8.69. The third-order valence-electron chi connectivity index (χ3n) is 3.78. The monoisotopic (exact) mass is 271 g/mol. The summed E-state index contributed by atoms with van der Waals surface area (Å²) in [6.45, 7) is 2.25. The molecule has 4 heteroatoms. The van der Waals surface area contributed by atoms with Gasteiger partial charge in [0.2, 0.25) is 0 Å². The van der Waals surface area contributed by atoms with Gasteiger partial charge in [0.05, 0.1) is 11.6 Å². The van der Waals surface area contributed by atoms with Crippen LogP contribution >= 0.6 is 11.6 Å². The highest BCUT2D eigenvalue weighted by atomic mass is 35.5. The molecular weight excluding hydrogens is 253 g/mol. The van der Waals surface area contributed by atoms with Crippen LogP contribution in [0.1, 0.15) is 24.8 Å². The van der Waals surface area contributed by atoms with Gasteiger partial charge in [0.15, 0.2) is 0 Å². The quantitative estimate of drug-likeness (QED) is 0.803. The van der Waals surface area contributed by atoms with E-state index in [4.69, 9.17) is 16.3 Å². The molecular formula is C14H19ClFNO. The molecule has 0 saturated heterocycles. The molecule has 1 saturated carbocycles. The zero-order valence-electron chi connectivity index (χ0n) is 10.6. The number of hydrogen-bond acceptors (Lipinski definition) is 2. The number of halogens is 2. The van der Waals surface area contributed by atoms with E-state index in [9.17, 15) is 4.39 Å². The number of ether oxygens (including phenoxy) is 1. The Morgan fingerprint density at radius 2 is 2.22 bits per heavy atom. The Bertz CT molecular complexity index is 407. The Morgan fingerprint density at radius 3 is 2.83 bits per heavy atom. The first-order valence-electron chi connectivity index (χ1n) is 6.34. The third-order valence-corrected chi connectivity index (χ3v) is 4.07. The fourth-order valence-electron chi connectivity index (χ4n) is 2.56. The van der Waals surface area contributed by atoms with Gasteiger partial charge in [0, 0.05) is 25.6 Å². The Labute approximate surface area is 112 Å². The zero-order valence-corrected chi connectivity index (χ0v) is 11.4. The standard InChI is InChI=1S/C14H19ClFNO/c1-18-9-8-17-10-14(6-3-7-14)11-4-2-5-12(15)13(11)16/h2,4-5,17H,3,6-10H2,1H3. The highest BCUT2D eigenvalue weighted by molar-refractivity contribution is 6.30. The van der Waals surface area contributed by atoms with Crippen LogP contribution in [0.5, 0.6) is 0 Å². The van der Waals surface area contributed by atoms with Crippen LogP contribution < -0.4 is 5.32 Å². The molecule has 0 amide bonds. The summed E-state index contributed by atoms with van der Waals surface area (Å²) in [5, 5.41) is 3.56. The molecule has 100 valence electrons. The van der Waals surface area contributed by atoms with Crippen LogP contribution in [-0.4, -0.2) is 26.8 Å². The van der Waals surface area contributed by atoms with Crippen LogP contribution in [0.2, 0.25) is 5.02 Å². The van der Waals surface area contributed by atoms with Gasteiger partial charge in [-0.1, -0.05) is 30.2 Å². The normalized spacial score (nSPS) is 17.5. The van der Waals surface area contributed by atoms with E-state index in [1.165, 1.54) is 0 Å². The molecule has 1 fully saturated rings. The molecule has 2 rings (SSSR count). The van der Waals surface area contributed by atoms with Crippen LogP contribution in [0.15, 0.2) is 18.2 Å². The van der Waals surface area contributed by atoms with E-state index in [-0.39, 0.29) is 16.3 Å². The van der Waals surface area contributed by atoms with Crippen molar-refractivity contribution in [3.05, 3.63) is 34.6 Å². The summed E-state index contributed by atoms with van der Waals surface area (Å²) in [7, 11) is 1.68. The minimum Gasteiger partial charge on any atom is -0.383 e. The van der Waals surface area contributed by atoms with Gasteiger partial charge in [-0.15, -0.1) is 0 Å². The first-order valence-corrected chi connectivity index (χ1v) is 6.71. The van der Waals surface area contributed by atoms with Crippen molar-refractivity contribution in [3.63, 3.8) is 0 Å². The van der Waals surface area contributed by atoms with Crippen LogP contribution in [-0.2, 0) is 10.2 Å². The van der Waals surface area contributed by atoms with E-state index < -0.39 is 0 Å². The molecule has 0 heterocycles. The lowest BCUT2D eigenvalue weighted by Gasteiger charge is -2.43. The van der Waals surface area contributed by atoms with Crippen molar-refractivity contribution >= 4 is 11.6 Å². The minimum atomic E-state index is -0.257. The Morgan fingerprint density at radius 1 is 1.44 bits per heavy atom. The van der Waals surface area contributed by atoms with Crippen LogP contribution in [0.3, 0.4) is 0 Å². The van der Waals surface area contributed by atoms with Gasteiger partial charge in [-0.25, -0.2) is 4.39 Å². The van der Waals surface area contributed by atoms with Gasteiger partial charge in [-0.3, -0.25) is 0 Å². The molecule has 0 bridgehead atoms. The average Bonchev–Trinajstić information content (AvgIpc) is 2.32. The first kappa shape index (κ1) is 13.8. The van der Waals surface area contributed by atoms with Crippen molar-refractivity contribution < 1.29 is 9.13 Å². The van der Waals surface area contributed by atoms with E-state index in [0.29, 0.717) is 6.61 Å². The number of benzene rings is 1. The highest BCUT2D eigenvalue weighted by Gasteiger charge is 2.40. The predicted octanol–water partition coefficient (Wildman–Crippen LogP) is 3.14. The second kappa shape index (κ2) is 6.00. The smallest absolute Gasteiger partial charge is 0.145 e. The molecule has 1 aliphatic rings. The van der Waals surface area contributed by atoms with Gasteiger partial charge in [-0.05, 0) is 24.5 Å². The molecule has 0 spiro atoms. The summed E-state index contributed by atoms with van der Waals surface area (Å²) in [6.07, 6.45) is 3.19. The molecule has 1 aliphatic carbocycles. The lowest BCUT2D eigenvalue weighted by atomic mass is 9.64. The molecule has 0 atom stereocenters. The lowest BCUT2D eigenvalue weighted by Crippen LogP contribution is -2.45. The Hall–Kier alpha value is -0.640. The van der Waals surface area contributed by atoms with Gasteiger partial charge >= 0.3 is 0 Å². The molecule has 1 aromatic carbocycles. The molecule has 2 nitrogen and oxygen atoms in total. The summed E-state index contributed by atoms with van der Waals surface area (Å²) in [5.41, 5.74) is 0.675. The molecule has 1 N–H and O–H groups in total. The zero-order chi connectivity index (χ0) is 13.0. The average molecular weight is 272 g/mol. The maximum Gasteiger partial charge on any atom is 0.145 e. The summed E-state index contributed by atoms with van der Waals surface area (Å²) in [5.74, 6) is -0.257. The van der Waals surface area contributed by atoms with Crippen molar-refractivity contribution in [3.8, 4) is 0 Å². The fourth-order valence-corrected chi connectivity index (χ4v) is 2.73. The van der Waals surface area contributed by atoms with E-state index in [1.54, 1.807) is 13.2 Å². The summed E-state index contributed by atoms with van der Waals surface area (Å²) < 4.78 is 19.1. The van der Waals surface area contributed by atoms with E-state index in [2.05, 4.69) is 5.32 Å². The number of nitrogens with one attached hydrogen (secondary N) is 1. The second-order valence-corrected chi connectivity index (χ2v) is 5.31. The van der Waals surface area contributed by atoms with Gasteiger partial charge in [-0.2, -0.15) is 0 Å². The Balaban J connectivity index is 2.09. The van der Waals surface area contributed by atoms with Crippen molar-refractivity contribution in [1.82, 2.24) is 5.32 Å². The molecule has 0 aromatic heterocycles. The lowest BCUT2D eigenvalue weighted by molar-refractivity contribution is 0.183. The van der Waals surface area contributed by atoms with Crippen LogP contribution in [0, 0.1) is 5.82 Å². The maximum atomic E-state index is 14.1. The van der Waals surface area contributed by atoms with E-state index >= 15 is 0 Å². The van der Waals surface area contributed by atoms with Gasteiger partial charge < -0.3 is 10.1 Å². The van der Waals surface area contributed by atoms with Gasteiger partial charge in [0.1, 0.15) is 5.82 Å². The summed E-state index contributed by atoms with van der Waals surface area (Å²) >= 11 is 5.87. The minimum absolute atomic E-state index is 0.0806. The maximum absolute atomic E-state index is 14.1. The molecule has 1 aromatic rings. The molecule has 0 radical (unpaired) electrons. The van der Waals surface area contributed by atoms with Crippen molar-refractivity contribution in [2.75, 3.05) is 26.8 Å². The van der Waals surface area contributed by atoms with E-state index in [0.717, 1.165) is 37.9 Å². The van der Waals surface area contributed by atoms with Crippen molar-refractivity contribution in [2.24, 2.45) is 0 Å². The van der Waals surface area contributed by atoms with Crippen molar-refractivity contribution in [1.29, 1.82) is 0 Å².